The number of aryl methyl sites for hydroxylation is 1. The molecular weight excluding hydrogens is 198 g/mol. The Labute approximate surface area is 87.5 Å². The highest BCUT2D eigenvalue weighted by atomic mass is 19.3. The number of nitrogens with two attached hydrogens (primary N) is 1. The van der Waals surface area contributed by atoms with Crippen molar-refractivity contribution in [2.24, 2.45) is 5.73 Å². The molecule has 2 N–H and O–H groups in total. The summed E-state index contributed by atoms with van der Waals surface area (Å²) in [5, 5.41) is 0. The molecule has 2 rings (SSSR count). The lowest BCUT2D eigenvalue weighted by Crippen LogP contribution is -2.54. The fourth-order valence-electron chi connectivity index (χ4n) is 2.40. The quantitative estimate of drug-likeness (QED) is 0.814. The van der Waals surface area contributed by atoms with Crippen LogP contribution in [0, 0.1) is 6.92 Å². The van der Waals surface area contributed by atoms with E-state index in [1.165, 1.54) is 0 Å². The van der Waals surface area contributed by atoms with Gasteiger partial charge in [-0.25, -0.2) is 8.78 Å². The summed E-state index contributed by atoms with van der Waals surface area (Å²) >= 11 is 0. The van der Waals surface area contributed by atoms with Crippen molar-refractivity contribution in [1.29, 1.82) is 0 Å². The molecule has 0 aliphatic heterocycles. The van der Waals surface area contributed by atoms with Gasteiger partial charge in [0, 0.05) is 37.2 Å². The normalized spacial score (nSPS) is 22.1. The van der Waals surface area contributed by atoms with E-state index < -0.39 is 11.3 Å². The largest absolute Gasteiger partial charge is 0.330 e. The third-order valence-corrected chi connectivity index (χ3v) is 3.20. The molecule has 1 aliphatic carbocycles. The zero-order valence-corrected chi connectivity index (χ0v) is 8.63. The molecule has 82 valence electrons. The number of rotatable bonds is 2. The van der Waals surface area contributed by atoms with Crippen molar-refractivity contribution in [1.82, 2.24) is 4.98 Å². The van der Waals surface area contributed by atoms with E-state index in [0.717, 1.165) is 11.1 Å². The number of pyridine rings is 1. The van der Waals surface area contributed by atoms with Gasteiger partial charge in [-0.1, -0.05) is 0 Å². The summed E-state index contributed by atoms with van der Waals surface area (Å²) < 4.78 is 25.9. The summed E-state index contributed by atoms with van der Waals surface area (Å²) in [5.74, 6) is -2.55. The van der Waals surface area contributed by atoms with Crippen LogP contribution in [0.5, 0.6) is 0 Å². The van der Waals surface area contributed by atoms with Crippen molar-refractivity contribution in [3.05, 3.63) is 29.6 Å². The Morgan fingerprint density at radius 1 is 1.47 bits per heavy atom. The van der Waals surface area contributed by atoms with E-state index in [1.54, 1.807) is 12.4 Å². The molecule has 0 unspecified atom stereocenters. The molecule has 0 saturated heterocycles. The number of aromatic nitrogens is 1. The lowest BCUT2D eigenvalue weighted by Gasteiger charge is -2.47. The molecule has 1 saturated carbocycles. The van der Waals surface area contributed by atoms with E-state index in [1.807, 2.05) is 13.0 Å². The Bertz CT molecular complexity index is 369. The molecular formula is C11H14F2N2. The van der Waals surface area contributed by atoms with Crippen LogP contribution in [0.2, 0.25) is 0 Å². The van der Waals surface area contributed by atoms with Gasteiger partial charge >= 0.3 is 0 Å². The second-order valence-corrected chi connectivity index (χ2v) is 4.38. The van der Waals surface area contributed by atoms with Crippen molar-refractivity contribution in [3.63, 3.8) is 0 Å². The second kappa shape index (κ2) is 3.23. The summed E-state index contributed by atoms with van der Waals surface area (Å²) in [4.78, 5) is 3.99. The molecule has 1 heterocycles. The van der Waals surface area contributed by atoms with Crippen molar-refractivity contribution in [2.75, 3.05) is 6.54 Å². The Morgan fingerprint density at radius 2 is 2.13 bits per heavy atom. The van der Waals surface area contributed by atoms with Crippen LogP contribution in [-0.4, -0.2) is 17.5 Å². The number of hydrogen-bond acceptors (Lipinski definition) is 2. The zero-order valence-electron chi connectivity index (χ0n) is 8.63. The Balaban J connectivity index is 2.34. The van der Waals surface area contributed by atoms with E-state index in [4.69, 9.17) is 5.73 Å². The molecule has 2 nitrogen and oxygen atoms in total. The SMILES string of the molecule is Cc1ccncc1C1(CN)CC(F)(F)C1. The molecule has 1 aliphatic rings. The zero-order chi connectivity index (χ0) is 11.1. The summed E-state index contributed by atoms with van der Waals surface area (Å²) in [6.07, 6.45) is 3.03. The molecule has 0 amide bonds. The first kappa shape index (κ1) is 10.5. The third kappa shape index (κ3) is 1.63. The van der Waals surface area contributed by atoms with E-state index in [2.05, 4.69) is 4.98 Å². The number of nitrogens with zero attached hydrogens (tertiary/aromatic N) is 1. The lowest BCUT2D eigenvalue weighted by molar-refractivity contribution is -0.124. The Morgan fingerprint density at radius 3 is 2.60 bits per heavy atom. The smallest absolute Gasteiger partial charge is 0.250 e. The summed E-state index contributed by atoms with van der Waals surface area (Å²) in [6.45, 7) is 2.17. The van der Waals surface area contributed by atoms with E-state index in [0.29, 0.717) is 0 Å². The fraction of sp³-hybridized carbons (Fsp3) is 0.545. The molecule has 0 radical (unpaired) electrons. The predicted molar refractivity (Wildman–Crippen MR) is 53.9 cm³/mol. The third-order valence-electron chi connectivity index (χ3n) is 3.20. The van der Waals surface area contributed by atoms with Gasteiger partial charge in [-0.05, 0) is 24.1 Å². The Kier molecular flexibility index (Phi) is 2.26. The van der Waals surface area contributed by atoms with Crippen LogP contribution in [0.25, 0.3) is 0 Å². The number of halogens is 2. The van der Waals surface area contributed by atoms with Crippen LogP contribution in [0.15, 0.2) is 18.5 Å². The van der Waals surface area contributed by atoms with E-state index >= 15 is 0 Å². The summed E-state index contributed by atoms with van der Waals surface area (Å²) in [6, 6.07) is 1.84. The molecule has 0 spiro atoms. The first-order valence-corrected chi connectivity index (χ1v) is 4.98. The highest BCUT2D eigenvalue weighted by molar-refractivity contribution is 5.35. The van der Waals surface area contributed by atoms with Crippen molar-refractivity contribution in [2.45, 2.75) is 31.1 Å². The number of hydrogen-bond donors (Lipinski definition) is 1. The monoisotopic (exact) mass is 212 g/mol. The Hall–Kier alpha value is -1.03. The first-order chi connectivity index (χ1) is 6.99. The molecule has 15 heavy (non-hydrogen) atoms. The fourth-order valence-corrected chi connectivity index (χ4v) is 2.40. The predicted octanol–water partition coefficient (Wildman–Crippen LogP) is 2.02. The standard InChI is InChI=1S/C11H14F2N2/c1-8-2-3-15-4-9(8)10(7-14)5-11(12,13)6-10/h2-4H,5-7,14H2,1H3. The van der Waals surface area contributed by atoms with Crippen LogP contribution >= 0.6 is 0 Å². The summed E-state index contributed by atoms with van der Waals surface area (Å²) in [7, 11) is 0. The van der Waals surface area contributed by atoms with Crippen LogP contribution in [0.1, 0.15) is 24.0 Å². The molecule has 1 fully saturated rings. The van der Waals surface area contributed by atoms with Gasteiger partial charge in [0.2, 0.25) is 5.92 Å². The van der Waals surface area contributed by atoms with Gasteiger partial charge in [-0.3, -0.25) is 4.98 Å². The highest BCUT2D eigenvalue weighted by Crippen LogP contribution is 2.53. The molecule has 0 bridgehead atoms. The van der Waals surface area contributed by atoms with Crippen LogP contribution in [0.4, 0.5) is 8.78 Å². The van der Waals surface area contributed by atoms with Crippen LogP contribution in [0.3, 0.4) is 0 Å². The van der Waals surface area contributed by atoms with Gasteiger partial charge < -0.3 is 5.73 Å². The van der Waals surface area contributed by atoms with Crippen LogP contribution in [-0.2, 0) is 5.41 Å². The molecule has 1 aromatic heterocycles. The van der Waals surface area contributed by atoms with Crippen LogP contribution < -0.4 is 5.73 Å². The number of alkyl halides is 2. The lowest BCUT2D eigenvalue weighted by atomic mass is 9.61. The minimum atomic E-state index is -2.55. The molecule has 0 atom stereocenters. The molecule has 1 aromatic rings. The van der Waals surface area contributed by atoms with Gasteiger partial charge in [0.05, 0.1) is 0 Å². The maximum absolute atomic E-state index is 13.0. The molecule has 4 heteroatoms. The van der Waals surface area contributed by atoms with Crippen molar-refractivity contribution in [3.8, 4) is 0 Å². The van der Waals surface area contributed by atoms with Crippen molar-refractivity contribution < 1.29 is 8.78 Å². The minimum absolute atomic E-state index is 0.150. The van der Waals surface area contributed by atoms with E-state index in [9.17, 15) is 8.78 Å². The maximum atomic E-state index is 13.0. The van der Waals surface area contributed by atoms with Gasteiger partial charge in [0.1, 0.15) is 0 Å². The van der Waals surface area contributed by atoms with Gasteiger partial charge in [0.15, 0.2) is 0 Å². The average Bonchev–Trinajstić information content (AvgIpc) is 2.14. The van der Waals surface area contributed by atoms with Crippen molar-refractivity contribution >= 4 is 0 Å². The minimum Gasteiger partial charge on any atom is -0.330 e. The summed E-state index contributed by atoms with van der Waals surface area (Å²) in [5.41, 5.74) is 6.94. The average molecular weight is 212 g/mol. The van der Waals surface area contributed by atoms with Gasteiger partial charge in [-0.2, -0.15) is 0 Å². The first-order valence-electron chi connectivity index (χ1n) is 4.98. The highest BCUT2D eigenvalue weighted by Gasteiger charge is 2.56. The topological polar surface area (TPSA) is 38.9 Å². The van der Waals surface area contributed by atoms with Gasteiger partial charge in [-0.15, -0.1) is 0 Å². The van der Waals surface area contributed by atoms with Gasteiger partial charge in [0.25, 0.3) is 0 Å². The van der Waals surface area contributed by atoms with E-state index in [-0.39, 0.29) is 19.4 Å². The molecule has 0 aromatic carbocycles. The maximum Gasteiger partial charge on any atom is 0.250 e. The second-order valence-electron chi connectivity index (χ2n) is 4.38.